The summed E-state index contributed by atoms with van der Waals surface area (Å²) in [6.07, 6.45) is 0.139. The lowest BCUT2D eigenvalue weighted by molar-refractivity contribution is -0.140. The monoisotopic (exact) mass is 347 g/mol. The van der Waals surface area contributed by atoms with Gasteiger partial charge in [-0.15, -0.1) is 5.10 Å². The number of amides is 1. The molecule has 2 atom stereocenters. The first-order valence-electron chi connectivity index (χ1n) is 7.94. The predicted molar refractivity (Wildman–Crippen MR) is 91.2 cm³/mol. The van der Waals surface area contributed by atoms with Gasteiger partial charge in [-0.05, 0) is 48.9 Å². The molecule has 128 valence electrons. The maximum Gasteiger partial charge on any atom is 0.233 e. The van der Waals surface area contributed by atoms with Gasteiger partial charge in [0.05, 0.1) is 23.6 Å². The van der Waals surface area contributed by atoms with Gasteiger partial charge in [0.25, 0.3) is 0 Å². The summed E-state index contributed by atoms with van der Waals surface area (Å²) < 4.78 is 7.33. The molecule has 0 spiro atoms. The fourth-order valence-electron chi connectivity index (χ4n) is 2.79. The Balaban J connectivity index is 1.65. The van der Waals surface area contributed by atoms with E-state index in [9.17, 15) is 4.79 Å². The van der Waals surface area contributed by atoms with Gasteiger partial charge in [-0.1, -0.05) is 23.9 Å². The second-order valence-electron chi connectivity index (χ2n) is 6.06. The third-order valence-electron chi connectivity index (χ3n) is 3.78. The van der Waals surface area contributed by atoms with E-state index in [0.29, 0.717) is 24.0 Å². The van der Waals surface area contributed by atoms with Crippen molar-refractivity contribution in [2.75, 3.05) is 18.8 Å². The molecule has 0 bridgehead atoms. The highest BCUT2D eigenvalue weighted by molar-refractivity contribution is 7.99. The van der Waals surface area contributed by atoms with E-state index in [0.717, 1.165) is 11.3 Å². The first-order chi connectivity index (χ1) is 11.5. The molecule has 2 aromatic rings. The molecule has 7 nitrogen and oxygen atoms in total. The number of aromatic nitrogens is 4. The lowest BCUT2D eigenvalue weighted by Crippen LogP contribution is -2.48. The first kappa shape index (κ1) is 16.9. The van der Waals surface area contributed by atoms with Crippen LogP contribution in [0.3, 0.4) is 0 Å². The van der Waals surface area contributed by atoms with E-state index in [1.807, 2.05) is 49.9 Å². The molecule has 0 aliphatic carbocycles. The second kappa shape index (κ2) is 7.31. The Kier molecular flexibility index (Phi) is 5.15. The van der Waals surface area contributed by atoms with Gasteiger partial charge in [0, 0.05) is 13.1 Å². The minimum Gasteiger partial charge on any atom is -0.372 e. The van der Waals surface area contributed by atoms with Crippen molar-refractivity contribution in [3.63, 3.8) is 0 Å². The number of nitrogens with zero attached hydrogens (tertiary/aromatic N) is 5. The molecule has 24 heavy (non-hydrogen) atoms. The number of thioether (sulfide) groups is 1. The van der Waals surface area contributed by atoms with Crippen molar-refractivity contribution in [3.8, 4) is 5.69 Å². The number of carbonyl (C=O) groups is 1. The second-order valence-corrected chi connectivity index (χ2v) is 7.00. The highest BCUT2D eigenvalue weighted by Crippen LogP contribution is 2.20. The Morgan fingerprint density at radius 1 is 1.33 bits per heavy atom. The molecule has 1 aliphatic heterocycles. The van der Waals surface area contributed by atoms with Gasteiger partial charge in [0.2, 0.25) is 11.1 Å². The molecule has 0 saturated carbocycles. The van der Waals surface area contributed by atoms with Crippen LogP contribution in [0.5, 0.6) is 0 Å². The molecule has 1 fully saturated rings. The molecule has 1 aromatic heterocycles. The molecule has 1 aromatic carbocycles. The van der Waals surface area contributed by atoms with Gasteiger partial charge in [-0.3, -0.25) is 4.79 Å². The number of carbonyl (C=O) groups excluding carboxylic acids is 1. The Hall–Kier alpha value is -1.93. The van der Waals surface area contributed by atoms with E-state index in [2.05, 4.69) is 15.5 Å². The van der Waals surface area contributed by atoms with E-state index in [1.54, 1.807) is 4.68 Å². The third-order valence-corrected chi connectivity index (χ3v) is 4.69. The lowest BCUT2D eigenvalue weighted by atomic mass is 10.2. The topological polar surface area (TPSA) is 73.1 Å². The van der Waals surface area contributed by atoms with Crippen LogP contribution in [0, 0.1) is 6.92 Å². The number of tetrazole rings is 1. The number of hydrogen-bond acceptors (Lipinski definition) is 6. The Bertz CT molecular complexity index is 710. The Morgan fingerprint density at radius 2 is 2.08 bits per heavy atom. The zero-order valence-electron chi connectivity index (χ0n) is 14.0. The molecule has 1 aliphatic rings. The van der Waals surface area contributed by atoms with Crippen molar-refractivity contribution >= 4 is 17.7 Å². The molecule has 1 amide bonds. The average Bonchev–Trinajstić information content (AvgIpc) is 3.00. The fraction of sp³-hybridized carbons (Fsp3) is 0.500. The van der Waals surface area contributed by atoms with E-state index < -0.39 is 0 Å². The van der Waals surface area contributed by atoms with E-state index in [4.69, 9.17) is 4.74 Å². The third kappa shape index (κ3) is 3.93. The van der Waals surface area contributed by atoms with Crippen LogP contribution < -0.4 is 0 Å². The SMILES string of the molecule is Cc1cccc(-n2nnnc2SCC(=O)N2C[C@@H](C)O[C@@H](C)C2)c1. The normalized spacial score (nSPS) is 21.0. The van der Waals surface area contributed by atoms with Gasteiger partial charge in [0.15, 0.2) is 0 Å². The van der Waals surface area contributed by atoms with Crippen molar-refractivity contribution in [1.29, 1.82) is 0 Å². The highest BCUT2D eigenvalue weighted by atomic mass is 32.2. The lowest BCUT2D eigenvalue weighted by Gasteiger charge is -2.35. The molecule has 8 heteroatoms. The smallest absolute Gasteiger partial charge is 0.233 e. The molecule has 1 saturated heterocycles. The standard InChI is InChI=1S/C16H21N5O2S/c1-11-5-4-6-14(7-11)21-16(17-18-19-21)24-10-15(22)20-8-12(2)23-13(3)9-20/h4-7,12-13H,8-10H2,1-3H3/t12-,13+. The van der Waals surface area contributed by atoms with Gasteiger partial charge in [0.1, 0.15) is 0 Å². The van der Waals surface area contributed by atoms with Gasteiger partial charge in [-0.25, -0.2) is 0 Å². The summed E-state index contributed by atoms with van der Waals surface area (Å²) in [5.74, 6) is 0.395. The van der Waals surface area contributed by atoms with Crippen LogP contribution in [0.15, 0.2) is 29.4 Å². The first-order valence-corrected chi connectivity index (χ1v) is 8.93. The van der Waals surface area contributed by atoms with Gasteiger partial charge >= 0.3 is 0 Å². The van der Waals surface area contributed by atoms with Gasteiger partial charge < -0.3 is 9.64 Å². The van der Waals surface area contributed by atoms with Crippen LogP contribution in [-0.2, 0) is 9.53 Å². The van der Waals surface area contributed by atoms with Crippen LogP contribution >= 0.6 is 11.8 Å². The van der Waals surface area contributed by atoms with Crippen LogP contribution in [0.2, 0.25) is 0 Å². The molecule has 0 radical (unpaired) electrons. The maximum atomic E-state index is 12.5. The summed E-state index contributed by atoms with van der Waals surface area (Å²) in [5.41, 5.74) is 2.02. The number of morpholine rings is 1. The Labute approximate surface area is 145 Å². The van der Waals surface area contributed by atoms with E-state index in [-0.39, 0.29) is 18.1 Å². The fourth-order valence-corrected chi connectivity index (χ4v) is 3.58. The van der Waals surface area contributed by atoms with Crippen molar-refractivity contribution in [2.45, 2.75) is 38.1 Å². The van der Waals surface area contributed by atoms with Crippen molar-refractivity contribution < 1.29 is 9.53 Å². The zero-order chi connectivity index (χ0) is 17.1. The van der Waals surface area contributed by atoms with Crippen LogP contribution in [-0.4, -0.2) is 62.1 Å². The molecular formula is C16H21N5O2S. The summed E-state index contributed by atoms with van der Waals surface area (Å²) in [5, 5.41) is 12.4. The molecular weight excluding hydrogens is 326 g/mol. The largest absolute Gasteiger partial charge is 0.372 e. The molecule has 0 N–H and O–H groups in total. The Morgan fingerprint density at radius 3 is 2.79 bits per heavy atom. The predicted octanol–water partition coefficient (Wildman–Crippen LogP) is 1.70. The van der Waals surface area contributed by atoms with Crippen LogP contribution in [0.1, 0.15) is 19.4 Å². The minimum absolute atomic E-state index is 0.0697. The average molecular weight is 347 g/mol. The quantitative estimate of drug-likeness (QED) is 0.784. The summed E-state index contributed by atoms with van der Waals surface area (Å²) in [6.45, 7) is 7.26. The minimum atomic E-state index is 0.0697. The summed E-state index contributed by atoms with van der Waals surface area (Å²) >= 11 is 1.35. The highest BCUT2D eigenvalue weighted by Gasteiger charge is 2.26. The van der Waals surface area contributed by atoms with Crippen LogP contribution in [0.25, 0.3) is 5.69 Å². The summed E-state index contributed by atoms with van der Waals surface area (Å²) in [6, 6.07) is 7.93. The number of hydrogen-bond donors (Lipinski definition) is 0. The molecule has 3 rings (SSSR count). The number of benzene rings is 1. The number of rotatable bonds is 4. The van der Waals surface area contributed by atoms with Gasteiger partial charge in [-0.2, -0.15) is 4.68 Å². The molecule has 0 unspecified atom stereocenters. The van der Waals surface area contributed by atoms with Crippen LogP contribution in [0.4, 0.5) is 0 Å². The maximum absolute atomic E-state index is 12.5. The summed E-state index contributed by atoms with van der Waals surface area (Å²) in [4.78, 5) is 14.3. The zero-order valence-corrected chi connectivity index (χ0v) is 14.9. The molecule has 2 heterocycles. The number of ether oxygens (including phenoxy) is 1. The van der Waals surface area contributed by atoms with E-state index in [1.165, 1.54) is 11.8 Å². The van der Waals surface area contributed by atoms with Crippen molar-refractivity contribution in [2.24, 2.45) is 0 Å². The van der Waals surface area contributed by atoms with E-state index >= 15 is 0 Å². The van der Waals surface area contributed by atoms with Crippen molar-refractivity contribution in [3.05, 3.63) is 29.8 Å². The van der Waals surface area contributed by atoms with Crippen molar-refractivity contribution in [1.82, 2.24) is 25.1 Å². The summed E-state index contributed by atoms with van der Waals surface area (Å²) in [7, 11) is 0. The number of aryl methyl sites for hydroxylation is 1.